The van der Waals surface area contributed by atoms with E-state index in [1.54, 1.807) is 12.3 Å². The second-order valence-electron chi connectivity index (χ2n) is 5.38. The van der Waals surface area contributed by atoms with Crippen molar-refractivity contribution in [3.63, 3.8) is 0 Å². The van der Waals surface area contributed by atoms with Crippen LogP contribution < -0.4 is 9.64 Å². The molecule has 0 radical (unpaired) electrons. The average molecular weight is 368 g/mol. The zero-order valence-electron chi connectivity index (χ0n) is 13.2. The maximum atomic E-state index is 12.8. The minimum Gasteiger partial charge on any atom is -0.497 e. The Balaban J connectivity index is 1.76. The molecule has 3 rings (SSSR count). The lowest BCUT2D eigenvalue weighted by molar-refractivity contribution is 0.383. The van der Waals surface area contributed by atoms with Crippen molar-refractivity contribution in [1.29, 1.82) is 0 Å². The van der Waals surface area contributed by atoms with Crippen LogP contribution in [0.3, 0.4) is 0 Å². The van der Waals surface area contributed by atoms with Crippen LogP contribution in [-0.4, -0.2) is 51.0 Å². The third kappa shape index (κ3) is 3.33. The van der Waals surface area contributed by atoms with Gasteiger partial charge in [-0.3, -0.25) is 0 Å². The summed E-state index contributed by atoms with van der Waals surface area (Å²) in [7, 11) is -2.11. The summed E-state index contributed by atoms with van der Waals surface area (Å²) in [5.41, 5.74) is 0. The first-order chi connectivity index (χ1) is 11.5. The van der Waals surface area contributed by atoms with E-state index in [0.29, 0.717) is 31.9 Å². The van der Waals surface area contributed by atoms with Gasteiger partial charge < -0.3 is 9.64 Å². The highest BCUT2D eigenvalue weighted by atomic mass is 35.5. The van der Waals surface area contributed by atoms with Crippen molar-refractivity contribution in [3.8, 4) is 5.75 Å². The fourth-order valence-corrected chi connectivity index (χ4v) is 4.59. The molecule has 0 bridgehead atoms. The van der Waals surface area contributed by atoms with E-state index in [9.17, 15) is 8.42 Å². The highest BCUT2D eigenvalue weighted by molar-refractivity contribution is 7.89. The van der Waals surface area contributed by atoms with Gasteiger partial charge in [0.2, 0.25) is 10.0 Å². The van der Waals surface area contributed by atoms with Crippen molar-refractivity contribution in [2.75, 3.05) is 38.2 Å². The zero-order valence-corrected chi connectivity index (χ0v) is 14.8. The monoisotopic (exact) mass is 367 g/mol. The first kappa shape index (κ1) is 17.0. The van der Waals surface area contributed by atoms with Crippen LogP contribution in [0.5, 0.6) is 5.75 Å². The Morgan fingerprint density at radius 1 is 1.12 bits per heavy atom. The molecular formula is C16H18ClN3O3S. The fraction of sp³-hybridized carbons (Fsp3) is 0.312. The van der Waals surface area contributed by atoms with E-state index in [2.05, 4.69) is 9.88 Å². The third-order valence-corrected chi connectivity index (χ3v) is 6.35. The number of hydrogen-bond donors (Lipinski definition) is 0. The summed E-state index contributed by atoms with van der Waals surface area (Å²) < 4.78 is 32.2. The largest absolute Gasteiger partial charge is 0.497 e. The molecule has 0 unspecified atom stereocenters. The number of aromatic nitrogens is 1. The molecule has 1 aliphatic heterocycles. The first-order valence-corrected chi connectivity index (χ1v) is 9.34. The van der Waals surface area contributed by atoms with Crippen molar-refractivity contribution in [2.45, 2.75) is 4.90 Å². The van der Waals surface area contributed by atoms with Gasteiger partial charge in [-0.15, -0.1) is 0 Å². The molecule has 128 valence electrons. The number of nitrogens with zero attached hydrogens (tertiary/aromatic N) is 3. The third-order valence-electron chi connectivity index (χ3n) is 3.97. The van der Waals surface area contributed by atoms with Gasteiger partial charge in [0, 0.05) is 38.4 Å². The number of sulfonamides is 1. The Morgan fingerprint density at radius 2 is 1.88 bits per heavy atom. The Hall–Kier alpha value is -1.83. The molecule has 0 amide bonds. The van der Waals surface area contributed by atoms with E-state index in [0.717, 1.165) is 5.82 Å². The van der Waals surface area contributed by atoms with Crippen LogP contribution >= 0.6 is 11.6 Å². The van der Waals surface area contributed by atoms with Crippen LogP contribution in [0.1, 0.15) is 0 Å². The van der Waals surface area contributed by atoms with Crippen LogP contribution in [0.15, 0.2) is 47.5 Å². The van der Waals surface area contributed by atoms with Crippen molar-refractivity contribution < 1.29 is 13.2 Å². The van der Waals surface area contributed by atoms with Gasteiger partial charge in [0.25, 0.3) is 0 Å². The Labute approximate surface area is 146 Å². The van der Waals surface area contributed by atoms with Crippen LogP contribution in [-0.2, 0) is 10.0 Å². The van der Waals surface area contributed by atoms with E-state index in [4.69, 9.17) is 16.3 Å². The van der Waals surface area contributed by atoms with Crippen LogP contribution in [0.25, 0.3) is 0 Å². The molecular weight excluding hydrogens is 350 g/mol. The van der Waals surface area contributed by atoms with Crippen molar-refractivity contribution in [3.05, 3.63) is 47.6 Å². The molecule has 1 saturated heterocycles. The van der Waals surface area contributed by atoms with Crippen molar-refractivity contribution >= 4 is 27.4 Å². The number of hydrogen-bond acceptors (Lipinski definition) is 5. The van der Waals surface area contributed by atoms with Gasteiger partial charge in [-0.25, -0.2) is 13.4 Å². The molecule has 6 nitrogen and oxygen atoms in total. The van der Waals surface area contributed by atoms with Gasteiger partial charge in [-0.2, -0.15) is 4.31 Å². The Morgan fingerprint density at radius 3 is 2.46 bits per heavy atom. The minimum atomic E-state index is -3.62. The lowest BCUT2D eigenvalue weighted by atomic mass is 10.3. The minimum absolute atomic E-state index is 0.108. The molecule has 0 N–H and O–H groups in total. The molecule has 0 spiro atoms. The van der Waals surface area contributed by atoms with Crippen molar-refractivity contribution in [2.24, 2.45) is 0 Å². The van der Waals surface area contributed by atoms with Crippen LogP contribution in [0, 0.1) is 0 Å². The second kappa shape index (κ2) is 6.96. The zero-order chi connectivity index (χ0) is 17.2. The highest BCUT2D eigenvalue weighted by Gasteiger charge is 2.30. The lowest BCUT2D eigenvalue weighted by Crippen LogP contribution is -2.48. The number of methoxy groups -OCH3 is 1. The number of ether oxygens (including phenoxy) is 1. The molecule has 8 heteroatoms. The maximum Gasteiger partial charge on any atom is 0.244 e. The predicted molar refractivity (Wildman–Crippen MR) is 93.2 cm³/mol. The van der Waals surface area contributed by atoms with E-state index in [1.807, 2.05) is 18.2 Å². The van der Waals surface area contributed by atoms with Gasteiger partial charge in [-0.05, 0) is 24.3 Å². The smallest absolute Gasteiger partial charge is 0.244 e. The number of pyridine rings is 1. The summed E-state index contributed by atoms with van der Waals surface area (Å²) in [4.78, 5) is 6.48. The van der Waals surface area contributed by atoms with Gasteiger partial charge in [0.15, 0.2) is 0 Å². The normalized spacial score (nSPS) is 16.2. The fourth-order valence-electron chi connectivity index (χ4n) is 2.66. The second-order valence-corrected chi connectivity index (χ2v) is 7.69. The summed E-state index contributed by atoms with van der Waals surface area (Å²) >= 11 is 6.13. The van der Waals surface area contributed by atoms with E-state index in [1.165, 1.54) is 23.5 Å². The van der Waals surface area contributed by atoms with Gasteiger partial charge in [0.1, 0.15) is 16.5 Å². The van der Waals surface area contributed by atoms with Gasteiger partial charge in [-0.1, -0.05) is 17.7 Å². The Bertz CT molecular complexity index is 807. The molecule has 1 fully saturated rings. The molecule has 2 heterocycles. The lowest BCUT2D eigenvalue weighted by Gasteiger charge is -2.34. The van der Waals surface area contributed by atoms with E-state index < -0.39 is 10.0 Å². The average Bonchev–Trinajstić information content (AvgIpc) is 2.62. The number of benzene rings is 1. The molecule has 2 aromatic rings. The summed E-state index contributed by atoms with van der Waals surface area (Å²) in [6, 6.07) is 10.3. The van der Waals surface area contributed by atoms with Gasteiger partial charge in [0.05, 0.1) is 12.1 Å². The quantitative estimate of drug-likeness (QED) is 0.829. The van der Waals surface area contributed by atoms with Crippen LogP contribution in [0.2, 0.25) is 5.02 Å². The molecule has 1 aromatic carbocycles. The SMILES string of the molecule is COc1ccc(S(=O)(=O)N2CCN(c3ccccn3)CC2)c(Cl)c1. The van der Waals surface area contributed by atoms with Gasteiger partial charge >= 0.3 is 0 Å². The molecule has 0 aliphatic carbocycles. The molecule has 0 saturated carbocycles. The summed E-state index contributed by atoms with van der Waals surface area (Å²) in [6.45, 7) is 1.95. The van der Waals surface area contributed by atoms with Crippen molar-refractivity contribution in [1.82, 2.24) is 9.29 Å². The van der Waals surface area contributed by atoms with E-state index in [-0.39, 0.29) is 9.92 Å². The maximum absolute atomic E-state index is 12.8. The summed E-state index contributed by atoms with van der Waals surface area (Å²) in [6.07, 6.45) is 1.73. The molecule has 24 heavy (non-hydrogen) atoms. The number of halogens is 1. The Kier molecular flexibility index (Phi) is 4.93. The topological polar surface area (TPSA) is 62.7 Å². The van der Waals surface area contributed by atoms with E-state index >= 15 is 0 Å². The number of anilines is 1. The number of piperazine rings is 1. The highest BCUT2D eigenvalue weighted by Crippen LogP contribution is 2.29. The number of rotatable bonds is 4. The standard InChI is InChI=1S/C16H18ClN3O3S/c1-23-13-5-6-15(14(17)12-13)24(21,22)20-10-8-19(9-11-20)16-4-2-3-7-18-16/h2-7,12H,8-11H2,1H3. The predicted octanol–water partition coefficient (Wildman–Crippen LogP) is 2.25. The summed E-state index contributed by atoms with van der Waals surface area (Å²) in [5, 5.41) is 0.168. The molecule has 1 aromatic heterocycles. The first-order valence-electron chi connectivity index (χ1n) is 7.52. The molecule has 1 aliphatic rings. The summed E-state index contributed by atoms with van der Waals surface area (Å²) in [5.74, 6) is 1.39. The molecule has 0 atom stereocenters. The van der Waals surface area contributed by atoms with Crippen LogP contribution in [0.4, 0.5) is 5.82 Å².